The van der Waals surface area contributed by atoms with E-state index >= 15 is 0 Å². The standard InChI is InChI=1S/C15H23N/c1-12-8-13(2)10-14(9-12)11-15-6-4-3-5-7-16-15/h8-10,15-16H,3-7,11H2,1-2H3. The minimum Gasteiger partial charge on any atom is -0.314 e. The predicted molar refractivity (Wildman–Crippen MR) is 69.9 cm³/mol. The number of hydrogen-bond acceptors (Lipinski definition) is 1. The van der Waals surface area contributed by atoms with Gasteiger partial charge in [0, 0.05) is 6.04 Å². The molecule has 0 spiro atoms. The monoisotopic (exact) mass is 217 g/mol. The molecule has 1 aromatic carbocycles. The fraction of sp³-hybridized carbons (Fsp3) is 0.600. The summed E-state index contributed by atoms with van der Waals surface area (Å²) in [5, 5.41) is 3.67. The molecular formula is C15H23N. The van der Waals surface area contributed by atoms with Crippen molar-refractivity contribution in [3.05, 3.63) is 34.9 Å². The molecule has 88 valence electrons. The summed E-state index contributed by atoms with van der Waals surface area (Å²) >= 11 is 0. The second-order valence-corrected chi connectivity index (χ2v) is 5.20. The lowest BCUT2D eigenvalue weighted by Crippen LogP contribution is -2.30. The molecule has 0 amide bonds. The maximum Gasteiger partial charge on any atom is 0.0107 e. The first-order valence-electron chi connectivity index (χ1n) is 6.54. The van der Waals surface area contributed by atoms with Gasteiger partial charge in [0.25, 0.3) is 0 Å². The molecule has 0 aliphatic carbocycles. The van der Waals surface area contributed by atoms with Crippen LogP contribution in [0.1, 0.15) is 42.4 Å². The zero-order chi connectivity index (χ0) is 11.4. The second-order valence-electron chi connectivity index (χ2n) is 5.20. The number of benzene rings is 1. The van der Waals surface area contributed by atoms with E-state index in [4.69, 9.17) is 0 Å². The highest BCUT2D eigenvalue weighted by molar-refractivity contribution is 5.29. The van der Waals surface area contributed by atoms with Crippen molar-refractivity contribution in [3.63, 3.8) is 0 Å². The Morgan fingerprint density at radius 2 is 1.81 bits per heavy atom. The van der Waals surface area contributed by atoms with E-state index in [1.165, 1.54) is 55.3 Å². The number of nitrogens with one attached hydrogen (secondary N) is 1. The second kappa shape index (κ2) is 5.49. The van der Waals surface area contributed by atoms with Gasteiger partial charge >= 0.3 is 0 Å². The molecule has 1 aromatic rings. The average molecular weight is 217 g/mol. The first-order valence-corrected chi connectivity index (χ1v) is 6.54. The van der Waals surface area contributed by atoms with E-state index in [9.17, 15) is 0 Å². The van der Waals surface area contributed by atoms with Crippen LogP contribution < -0.4 is 5.32 Å². The van der Waals surface area contributed by atoms with Gasteiger partial charge in [-0.25, -0.2) is 0 Å². The number of hydrogen-bond donors (Lipinski definition) is 1. The van der Waals surface area contributed by atoms with Crippen LogP contribution in [0.2, 0.25) is 0 Å². The molecule has 1 fully saturated rings. The summed E-state index contributed by atoms with van der Waals surface area (Å²) in [5.41, 5.74) is 4.28. The van der Waals surface area contributed by atoms with Crippen LogP contribution in [0.4, 0.5) is 0 Å². The van der Waals surface area contributed by atoms with Gasteiger partial charge in [-0.3, -0.25) is 0 Å². The van der Waals surface area contributed by atoms with Crippen molar-refractivity contribution in [3.8, 4) is 0 Å². The van der Waals surface area contributed by atoms with E-state index in [0.717, 1.165) is 0 Å². The van der Waals surface area contributed by atoms with Crippen molar-refractivity contribution in [1.82, 2.24) is 5.32 Å². The smallest absolute Gasteiger partial charge is 0.0107 e. The summed E-state index contributed by atoms with van der Waals surface area (Å²) in [6.07, 6.45) is 6.68. The van der Waals surface area contributed by atoms with Crippen LogP contribution in [0, 0.1) is 13.8 Å². The summed E-state index contributed by atoms with van der Waals surface area (Å²) < 4.78 is 0. The summed E-state index contributed by atoms with van der Waals surface area (Å²) in [6, 6.07) is 7.62. The van der Waals surface area contributed by atoms with Gasteiger partial charge in [-0.15, -0.1) is 0 Å². The molecule has 0 saturated carbocycles. The van der Waals surface area contributed by atoms with Gasteiger partial charge in [-0.1, -0.05) is 42.2 Å². The highest BCUT2D eigenvalue weighted by Gasteiger charge is 2.12. The Bertz CT molecular complexity index is 315. The van der Waals surface area contributed by atoms with Gasteiger partial charge < -0.3 is 5.32 Å². The van der Waals surface area contributed by atoms with Crippen molar-refractivity contribution in [2.24, 2.45) is 0 Å². The summed E-state index contributed by atoms with van der Waals surface area (Å²) in [4.78, 5) is 0. The molecule has 1 atom stereocenters. The molecule has 1 saturated heterocycles. The Morgan fingerprint density at radius 3 is 2.56 bits per heavy atom. The third-order valence-corrected chi connectivity index (χ3v) is 3.43. The lowest BCUT2D eigenvalue weighted by atomic mass is 9.99. The van der Waals surface area contributed by atoms with Crippen molar-refractivity contribution in [2.75, 3.05) is 6.54 Å². The lowest BCUT2D eigenvalue weighted by molar-refractivity contribution is 0.507. The molecule has 1 N–H and O–H groups in total. The SMILES string of the molecule is Cc1cc(C)cc(CC2CCCCCN2)c1. The van der Waals surface area contributed by atoms with E-state index in [1.54, 1.807) is 0 Å². The third-order valence-electron chi connectivity index (χ3n) is 3.43. The highest BCUT2D eigenvalue weighted by atomic mass is 14.9. The molecular weight excluding hydrogens is 194 g/mol. The van der Waals surface area contributed by atoms with Crippen molar-refractivity contribution in [2.45, 2.75) is 52.0 Å². The number of aryl methyl sites for hydroxylation is 2. The zero-order valence-corrected chi connectivity index (χ0v) is 10.6. The molecule has 1 aliphatic heterocycles. The van der Waals surface area contributed by atoms with Crippen LogP contribution in [-0.4, -0.2) is 12.6 Å². The van der Waals surface area contributed by atoms with Gasteiger partial charge in [-0.2, -0.15) is 0 Å². The quantitative estimate of drug-likeness (QED) is 0.801. The van der Waals surface area contributed by atoms with Crippen LogP contribution >= 0.6 is 0 Å². The summed E-state index contributed by atoms with van der Waals surface area (Å²) in [7, 11) is 0. The fourth-order valence-corrected chi connectivity index (χ4v) is 2.75. The fourth-order valence-electron chi connectivity index (χ4n) is 2.75. The van der Waals surface area contributed by atoms with Crippen molar-refractivity contribution in [1.29, 1.82) is 0 Å². The van der Waals surface area contributed by atoms with Crippen molar-refractivity contribution < 1.29 is 0 Å². The first kappa shape index (κ1) is 11.7. The Labute approximate surface area is 99.3 Å². The van der Waals surface area contributed by atoms with E-state index in [2.05, 4.69) is 37.4 Å². The zero-order valence-electron chi connectivity index (χ0n) is 10.6. The van der Waals surface area contributed by atoms with E-state index in [0.29, 0.717) is 6.04 Å². The van der Waals surface area contributed by atoms with Crippen LogP contribution in [-0.2, 0) is 6.42 Å². The Hall–Kier alpha value is -0.820. The predicted octanol–water partition coefficient (Wildman–Crippen LogP) is 3.38. The van der Waals surface area contributed by atoms with Crippen LogP contribution in [0.15, 0.2) is 18.2 Å². The highest BCUT2D eigenvalue weighted by Crippen LogP contribution is 2.15. The Morgan fingerprint density at radius 1 is 1.06 bits per heavy atom. The lowest BCUT2D eigenvalue weighted by Gasteiger charge is -2.16. The van der Waals surface area contributed by atoms with E-state index in [1.807, 2.05) is 0 Å². The van der Waals surface area contributed by atoms with Gasteiger partial charge in [0.2, 0.25) is 0 Å². The molecule has 1 aliphatic rings. The van der Waals surface area contributed by atoms with Crippen molar-refractivity contribution >= 4 is 0 Å². The minimum absolute atomic E-state index is 0.698. The maximum absolute atomic E-state index is 3.67. The molecule has 16 heavy (non-hydrogen) atoms. The Kier molecular flexibility index (Phi) is 4.00. The van der Waals surface area contributed by atoms with Gasteiger partial charge in [-0.05, 0) is 45.2 Å². The summed E-state index contributed by atoms with van der Waals surface area (Å²) in [5.74, 6) is 0. The van der Waals surface area contributed by atoms with E-state index in [-0.39, 0.29) is 0 Å². The van der Waals surface area contributed by atoms with Gasteiger partial charge in [0.15, 0.2) is 0 Å². The summed E-state index contributed by atoms with van der Waals surface area (Å²) in [6.45, 7) is 5.59. The molecule has 2 rings (SSSR count). The minimum atomic E-state index is 0.698. The van der Waals surface area contributed by atoms with Gasteiger partial charge in [0.05, 0.1) is 0 Å². The van der Waals surface area contributed by atoms with Gasteiger partial charge in [0.1, 0.15) is 0 Å². The molecule has 1 heteroatoms. The van der Waals surface area contributed by atoms with Crippen LogP contribution in [0.25, 0.3) is 0 Å². The number of rotatable bonds is 2. The molecule has 0 radical (unpaired) electrons. The normalized spacial score (nSPS) is 21.8. The molecule has 0 bridgehead atoms. The Balaban J connectivity index is 2.01. The topological polar surface area (TPSA) is 12.0 Å². The largest absolute Gasteiger partial charge is 0.314 e. The maximum atomic E-state index is 3.67. The first-order chi connectivity index (χ1) is 7.74. The van der Waals surface area contributed by atoms with E-state index < -0.39 is 0 Å². The third kappa shape index (κ3) is 3.34. The van der Waals surface area contributed by atoms with Crippen LogP contribution in [0.5, 0.6) is 0 Å². The molecule has 1 heterocycles. The molecule has 1 nitrogen and oxygen atoms in total. The molecule has 0 aromatic heterocycles. The average Bonchev–Trinajstić information content (AvgIpc) is 2.44. The van der Waals surface area contributed by atoms with Crippen LogP contribution in [0.3, 0.4) is 0 Å². The molecule has 1 unspecified atom stereocenters.